The summed E-state index contributed by atoms with van der Waals surface area (Å²) in [4.78, 5) is 28.0. The number of esters is 1. The fraction of sp³-hybridized carbons (Fsp3) is 0.219. The number of thiophene rings is 1. The third-order valence-corrected chi connectivity index (χ3v) is 8.29. The number of amides is 1. The van der Waals surface area contributed by atoms with Gasteiger partial charge in [-0.05, 0) is 42.0 Å². The maximum absolute atomic E-state index is 13.9. The molecule has 1 atom stereocenters. The van der Waals surface area contributed by atoms with Gasteiger partial charge in [0.25, 0.3) is 0 Å². The van der Waals surface area contributed by atoms with E-state index >= 15 is 0 Å². The predicted molar refractivity (Wildman–Crippen MR) is 149 cm³/mol. The van der Waals surface area contributed by atoms with E-state index in [2.05, 4.69) is 11.4 Å². The van der Waals surface area contributed by atoms with Gasteiger partial charge in [0.2, 0.25) is 5.91 Å². The van der Waals surface area contributed by atoms with Crippen molar-refractivity contribution in [2.45, 2.75) is 37.5 Å². The minimum Gasteiger partial charge on any atom is -0.462 e. The van der Waals surface area contributed by atoms with Crippen molar-refractivity contribution in [2.24, 2.45) is 0 Å². The standard InChI is InChI=1S/C32H28N2O3S/c1-2-37-31(36)28-25-18-19-32(21-33,24-16-10-5-11-17-24)20-26(25)38-30(28)34-29(35)27(22-12-6-3-7-13-22)23-14-8-4-9-15-23/h3-17,27H,2,18-20H2,1H3,(H,34,35)/t32-/m0/s1. The molecule has 4 aromatic rings. The second-order valence-electron chi connectivity index (χ2n) is 9.41. The number of fused-ring (bicyclic) bond motifs is 1. The third-order valence-electron chi connectivity index (χ3n) is 7.14. The smallest absolute Gasteiger partial charge is 0.341 e. The SMILES string of the molecule is CCOC(=O)c1c(NC(=O)C(c2ccccc2)c2ccccc2)sc2c1CC[C@](C#N)(c1ccccc1)C2. The van der Waals surface area contributed by atoms with Gasteiger partial charge in [0.05, 0.1) is 29.6 Å². The number of nitrogens with one attached hydrogen (secondary N) is 1. The van der Waals surface area contributed by atoms with Gasteiger partial charge < -0.3 is 10.1 Å². The van der Waals surface area contributed by atoms with Crippen LogP contribution >= 0.6 is 11.3 Å². The van der Waals surface area contributed by atoms with E-state index < -0.39 is 17.3 Å². The third kappa shape index (κ3) is 4.85. The lowest BCUT2D eigenvalue weighted by molar-refractivity contribution is -0.116. The van der Waals surface area contributed by atoms with Gasteiger partial charge in [0.1, 0.15) is 5.00 Å². The fourth-order valence-corrected chi connectivity index (χ4v) is 6.61. The molecule has 1 aliphatic carbocycles. The van der Waals surface area contributed by atoms with E-state index in [1.807, 2.05) is 91.0 Å². The van der Waals surface area contributed by atoms with E-state index in [1.54, 1.807) is 6.92 Å². The highest BCUT2D eigenvalue weighted by atomic mass is 32.1. The molecule has 1 aromatic heterocycles. The van der Waals surface area contributed by atoms with Crippen molar-refractivity contribution in [1.29, 1.82) is 5.26 Å². The summed E-state index contributed by atoms with van der Waals surface area (Å²) in [6, 6.07) is 31.6. The van der Waals surface area contributed by atoms with Crippen LogP contribution in [0.15, 0.2) is 91.0 Å². The zero-order valence-electron chi connectivity index (χ0n) is 21.1. The molecule has 5 nitrogen and oxygen atoms in total. The molecule has 0 radical (unpaired) electrons. The molecule has 0 bridgehead atoms. The number of carbonyl (C=O) groups excluding carboxylic acids is 2. The zero-order valence-corrected chi connectivity index (χ0v) is 22.0. The molecule has 190 valence electrons. The molecule has 3 aromatic carbocycles. The number of anilines is 1. The Morgan fingerprint density at radius 1 is 0.974 bits per heavy atom. The van der Waals surface area contributed by atoms with Gasteiger partial charge in [-0.1, -0.05) is 91.0 Å². The fourth-order valence-electron chi connectivity index (χ4n) is 5.26. The van der Waals surface area contributed by atoms with Gasteiger partial charge >= 0.3 is 5.97 Å². The number of carbonyl (C=O) groups is 2. The van der Waals surface area contributed by atoms with E-state index in [4.69, 9.17) is 4.74 Å². The van der Waals surface area contributed by atoms with Crippen molar-refractivity contribution in [3.8, 4) is 6.07 Å². The molecule has 1 amide bonds. The van der Waals surface area contributed by atoms with Gasteiger partial charge in [-0.2, -0.15) is 5.26 Å². The van der Waals surface area contributed by atoms with Gasteiger partial charge in [-0.25, -0.2) is 4.79 Å². The molecule has 1 heterocycles. The zero-order chi connectivity index (χ0) is 26.5. The summed E-state index contributed by atoms with van der Waals surface area (Å²) in [5.74, 6) is -1.21. The number of nitriles is 1. The quantitative estimate of drug-likeness (QED) is 0.277. The van der Waals surface area contributed by atoms with Gasteiger partial charge in [-0.15, -0.1) is 11.3 Å². The average Bonchev–Trinajstić information content (AvgIpc) is 3.31. The van der Waals surface area contributed by atoms with E-state index in [-0.39, 0.29) is 12.5 Å². The molecule has 0 saturated carbocycles. The number of hydrogen-bond donors (Lipinski definition) is 1. The lowest BCUT2D eigenvalue weighted by Crippen LogP contribution is -2.31. The Labute approximate surface area is 226 Å². The van der Waals surface area contributed by atoms with Gasteiger partial charge in [0, 0.05) is 11.3 Å². The molecule has 0 fully saturated rings. The molecule has 1 N–H and O–H groups in total. The predicted octanol–water partition coefficient (Wildman–Crippen LogP) is 6.65. The number of ether oxygens (including phenoxy) is 1. The Morgan fingerprint density at radius 2 is 1.55 bits per heavy atom. The van der Waals surface area contributed by atoms with E-state index in [0.717, 1.165) is 27.1 Å². The van der Waals surface area contributed by atoms with Crippen LogP contribution in [0.3, 0.4) is 0 Å². The highest BCUT2D eigenvalue weighted by molar-refractivity contribution is 7.17. The Hall–Kier alpha value is -4.21. The Balaban J connectivity index is 1.54. The maximum Gasteiger partial charge on any atom is 0.341 e. The first-order chi connectivity index (χ1) is 18.6. The van der Waals surface area contributed by atoms with Gasteiger partial charge in [0.15, 0.2) is 0 Å². The molecule has 0 saturated heterocycles. The van der Waals surface area contributed by atoms with Crippen LogP contribution in [0.2, 0.25) is 0 Å². The molecule has 0 unspecified atom stereocenters. The molecule has 38 heavy (non-hydrogen) atoms. The first-order valence-electron chi connectivity index (χ1n) is 12.8. The summed E-state index contributed by atoms with van der Waals surface area (Å²) in [5.41, 5.74) is 3.31. The van der Waals surface area contributed by atoms with Crippen LogP contribution in [0.5, 0.6) is 0 Å². The first kappa shape index (κ1) is 25.4. The second-order valence-corrected chi connectivity index (χ2v) is 10.5. The van der Waals surface area contributed by atoms with Crippen molar-refractivity contribution in [1.82, 2.24) is 0 Å². The molecule has 0 spiro atoms. The Kier molecular flexibility index (Phi) is 7.39. The van der Waals surface area contributed by atoms with Crippen LogP contribution in [-0.4, -0.2) is 18.5 Å². The van der Waals surface area contributed by atoms with E-state index in [1.165, 1.54) is 11.3 Å². The van der Waals surface area contributed by atoms with Crippen molar-refractivity contribution in [3.05, 3.63) is 124 Å². The molecular formula is C32H28N2O3S. The maximum atomic E-state index is 13.9. The molecular weight excluding hydrogens is 492 g/mol. The average molecular weight is 521 g/mol. The van der Waals surface area contributed by atoms with Crippen LogP contribution in [0.1, 0.15) is 56.8 Å². The normalized spacial score (nSPS) is 16.3. The molecule has 1 aliphatic rings. The summed E-state index contributed by atoms with van der Waals surface area (Å²) in [6.45, 7) is 2.01. The van der Waals surface area contributed by atoms with Crippen LogP contribution in [0, 0.1) is 11.3 Å². The molecule has 0 aliphatic heterocycles. The minimum absolute atomic E-state index is 0.221. The van der Waals surface area contributed by atoms with Crippen LogP contribution < -0.4 is 5.32 Å². The number of benzene rings is 3. The summed E-state index contributed by atoms with van der Waals surface area (Å²) in [7, 11) is 0. The summed E-state index contributed by atoms with van der Waals surface area (Å²) in [6.07, 6.45) is 1.63. The van der Waals surface area contributed by atoms with Crippen molar-refractivity contribution in [2.75, 3.05) is 11.9 Å². The number of rotatable bonds is 7. The second kappa shape index (κ2) is 11.0. The Morgan fingerprint density at radius 3 is 2.11 bits per heavy atom. The van der Waals surface area contributed by atoms with E-state index in [0.29, 0.717) is 29.8 Å². The van der Waals surface area contributed by atoms with Crippen molar-refractivity contribution < 1.29 is 14.3 Å². The molecule has 5 rings (SSSR count). The van der Waals surface area contributed by atoms with Crippen molar-refractivity contribution in [3.63, 3.8) is 0 Å². The first-order valence-corrected chi connectivity index (χ1v) is 13.6. The highest BCUT2D eigenvalue weighted by Crippen LogP contribution is 2.46. The molecule has 6 heteroatoms. The summed E-state index contributed by atoms with van der Waals surface area (Å²) >= 11 is 1.38. The summed E-state index contributed by atoms with van der Waals surface area (Å²) in [5, 5.41) is 13.8. The Bertz CT molecular complexity index is 1440. The lowest BCUT2D eigenvalue weighted by Gasteiger charge is -2.31. The van der Waals surface area contributed by atoms with Crippen molar-refractivity contribution >= 4 is 28.2 Å². The lowest BCUT2D eigenvalue weighted by atomic mass is 9.70. The largest absolute Gasteiger partial charge is 0.462 e. The monoisotopic (exact) mass is 520 g/mol. The van der Waals surface area contributed by atoms with Crippen LogP contribution in [0.25, 0.3) is 0 Å². The highest BCUT2D eigenvalue weighted by Gasteiger charge is 2.40. The van der Waals surface area contributed by atoms with Crippen LogP contribution in [-0.2, 0) is 27.8 Å². The number of nitrogens with zero attached hydrogens (tertiary/aromatic N) is 1. The minimum atomic E-state index is -0.678. The topological polar surface area (TPSA) is 79.2 Å². The van der Waals surface area contributed by atoms with E-state index in [9.17, 15) is 14.9 Å². The summed E-state index contributed by atoms with van der Waals surface area (Å²) < 4.78 is 5.42. The number of hydrogen-bond acceptors (Lipinski definition) is 5. The van der Waals surface area contributed by atoms with Crippen LogP contribution in [0.4, 0.5) is 5.00 Å². The van der Waals surface area contributed by atoms with Gasteiger partial charge in [-0.3, -0.25) is 4.79 Å².